The van der Waals surface area contributed by atoms with Gasteiger partial charge < -0.3 is 25.8 Å². The fourth-order valence-electron chi connectivity index (χ4n) is 7.21. The maximum absolute atomic E-state index is 14.1. The first-order chi connectivity index (χ1) is 22.0. The molecule has 2 saturated heterocycles. The summed E-state index contributed by atoms with van der Waals surface area (Å²) in [6.45, 7) is 4.57. The van der Waals surface area contributed by atoms with Gasteiger partial charge in [-0.2, -0.15) is 0 Å². The maximum atomic E-state index is 14.1. The van der Waals surface area contributed by atoms with Gasteiger partial charge in [-0.1, -0.05) is 32.0 Å². The van der Waals surface area contributed by atoms with E-state index >= 15 is 0 Å². The van der Waals surface area contributed by atoms with E-state index in [-0.39, 0.29) is 58.0 Å². The number of halogens is 1. The lowest BCUT2D eigenvalue weighted by molar-refractivity contribution is -0.139. The number of ketones is 1. The molecule has 4 aromatic rings. The Bertz CT molecular complexity index is 1890. The van der Waals surface area contributed by atoms with E-state index in [0.29, 0.717) is 30.5 Å². The fraction of sp³-hybridized carbons (Fsp3) is 0.394. The molecular formula is C33H33FN6O5S. The van der Waals surface area contributed by atoms with Crippen molar-refractivity contribution in [2.75, 3.05) is 19.6 Å². The third-order valence-electron chi connectivity index (χ3n) is 9.87. The molecule has 1 saturated carbocycles. The zero-order valence-corrected chi connectivity index (χ0v) is 26.1. The number of thiazole rings is 1. The highest BCUT2D eigenvalue weighted by Gasteiger charge is 2.69. The number of rotatable bonds is 9. The van der Waals surface area contributed by atoms with Crippen LogP contribution in [0.25, 0.3) is 21.1 Å². The van der Waals surface area contributed by atoms with Crippen molar-refractivity contribution in [1.82, 2.24) is 30.8 Å². The number of hydrogen-bond acceptors (Lipinski definition) is 7. The average Bonchev–Trinajstić information content (AvgIpc) is 3.68. The van der Waals surface area contributed by atoms with E-state index in [1.165, 1.54) is 34.4 Å². The second-order valence-corrected chi connectivity index (χ2v) is 14.0. The number of nitrogens with one attached hydrogen (secondary N) is 4. The topological polar surface area (TPSA) is 153 Å². The molecule has 0 spiro atoms. The number of aromatic amines is 1. The number of carbonyl (C=O) groups is 5. The molecule has 0 bridgehead atoms. The van der Waals surface area contributed by atoms with E-state index in [4.69, 9.17) is 0 Å². The number of piperidine rings is 1. The van der Waals surface area contributed by atoms with Crippen LogP contribution in [0, 0.1) is 29.0 Å². The molecular weight excluding hydrogens is 611 g/mol. The normalized spacial score (nSPS) is 23.6. The summed E-state index contributed by atoms with van der Waals surface area (Å²) in [5, 5.41) is 8.81. The first kappa shape index (κ1) is 30.0. The summed E-state index contributed by atoms with van der Waals surface area (Å²) in [5.41, 5.74) is 1.06. The van der Waals surface area contributed by atoms with Gasteiger partial charge in [0.2, 0.25) is 23.5 Å². The van der Waals surface area contributed by atoms with Crippen molar-refractivity contribution in [3.05, 3.63) is 65.0 Å². The molecule has 0 unspecified atom stereocenters. The van der Waals surface area contributed by atoms with Gasteiger partial charge in [0.05, 0.1) is 22.8 Å². The monoisotopic (exact) mass is 644 g/mol. The van der Waals surface area contributed by atoms with Crippen LogP contribution in [0.3, 0.4) is 0 Å². The van der Waals surface area contributed by atoms with Crippen molar-refractivity contribution in [2.45, 2.75) is 38.8 Å². The van der Waals surface area contributed by atoms with Crippen molar-refractivity contribution in [2.24, 2.45) is 23.2 Å². The SMILES string of the molecule is CC1(C)[C@@H]2[C@@H](C(=O)N[C@@H](C[C@@H]3CCNC3=O)C(=O)c3nc4ccccc4s3)N(C(=O)CNC(=O)c3cc4c(F)cccc4[nH]3)C[C@@H]21. The Morgan fingerprint density at radius 2 is 1.96 bits per heavy atom. The summed E-state index contributed by atoms with van der Waals surface area (Å²) in [6, 6.07) is 11.4. The predicted molar refractivity (Wildman–Crippen MR) is 168 cm³/mol. The predicted octanol–water partition coefficient (Wildman–Crippen LogP) is 3.02. The molecule has 3 fully saturated rings. The minimum Gasteiger partial charge on any atom is -0.356 e. The number of fused-ring (bicyclic) bond motifs is 3. The number of hydrogen-bond donors (Lipinski definition) is 4. The molecule has 4 amide bonds. The van der Waals surface area contributed by atoms with Gasteiger partial charge in [-0.15, -0.1) is 11.3 Å². The van der Waals surface area contributed by atoms with Crippen molar-refractivity contribution in [3.8, 4) is 0 Å². The summed E-state index contributed by atoms with van der Waals surface area (Å²) in [6.07, 6.45) is 0.665. The van der Waals surface area contributed by atoms with Gasteiger partial charge >= 0.3 is 0 Å². The summed E-state index contributed by atoms with van der Waals surface area (Å²) in [4.78, 5) is 75.5. The Labute approximate surface area is 267 Å². The van der Waals surface area contributed by atoms with E-state index < -0.39 is 41.5 Å². The Kier molecular flexibility index (Phi) is 7.38. The average molecular weight is 645 g/mol. The number of para-hydroxylation sites is 1. The van der Waals surface area contributed by atoms with Gasteiger partial charge in [0, 0.05) is 29.9 Å². The van der Waals surface area contributed by atoms with Crippen molar-refractivity contribution < 1.29 is 28.4 Å². The standard InChI is InChI=1S/C33H33FN6O5S/c1-33(2)18-15-40(25(41)14-36-30(44)23-13-17-19(34)6-5-8-20(17)37-23)27(26(18)33)31(45)38-22(12-16-10-11-35-29(16)43)28(42)32-39-21-7-3-4-9-24(21)46-32/h3-9,13,16,18,22,26-27,37H,10-12,14-15H2,1-2H3,(H,35,43)(H,36,44)(H,38,45)/t16-,18-,22-,26-,27-/m0/s1. The second kappa shape index (κ2) is 11.3. The number of benzene rings is 2. The van der Waals surface area contributed by atoms with E-state index in [1.807, 2.05) is 38.1 Å². The molecule has 2 aromatic carbocycles. The van der Waals surface area contributed by atoms with Gasteiger partial charge in [0.15, 0.2) is 5.01 Å². The second-order valence-electron chi connectivity index (χ2n) is 12.9. The smallest absolute Gasteiger partial charge is 0.268 e. The summed E-state index contributed by atoms with van der Waals surface area (Å²) < 4.78 is 15.0. The van der Waals surface area contributed by atoms with Gasteiger partial charge in [0.1, 0.15) is 17.6 Å². The number of H-pyrrole nitrogens is 1. The molecule has 11 nitrogen and oxygen atoms in total. The van der Waals surface area contributed by atoms with Crippen LogP contribution in [0.1, 0.15) is 47.0 Å². The number of Topliss-reactive ketones (excluding diaryl/α,β-unsaturated/α-hetero) is 1. The lowest BCUT2D eigenvalue weighted by Crippen LogP contribution is -2.55. The molecule has 4 heterocycles. The lowest BCUT2D eigenvalue weighted by atomic mass is 9.94. The number of nitrogens with zero attached hydrogens (tertiary/aromatic N) is 2. The molecule has 4 N–H and O–H groups in total. The molecule has 7 rings (SSSR count). The van der Waals surface area contributed by atoms with Crippen LogP contribution in [0.4, 0.5) is 4.39 Å². The summed E-state index contributed by atoms with van der Waals surface area (Å²) >= 11 is 1.23. The van der Waals surface area contributed by atoms with Crippen LogP contribution in [0.15, 0.2) is 48.5 Å². The van der Waals surface area contributed by atoms with Gasteiger partial charge in [-0.3, -0.25) is 24.0 Å². The minimum atomic E-state index is -1.01. The van der Waals surface area contributed by atoms with Crippen LogP contribution >= 0.6 is 11.3 Å². The number of carbonyl (C=O) groups excluding carboxylic acids is 5. The highest BCUT2D eigenvalue weighted by molar-refractivity contribution is 7.20. The summed E-state index contributed by atoms with van der Waals surface area (Å²) in [7, 11) is 0. The molecule has 46 heavy (non-hydrogen) atoms. The van der Waals surface area contributed by atoms with E-state index in [0.717, 1.165) is 4.70 Å². The van der Waals surface area contributed by atoms with Crippen LogP contribution in [0.5, 0.6) is 0 Å². The van der Waals surface area contributed by atoms with Crippen LogP contribution in [-0.2, 0) is 14.4 Å². The maximum Gasteiger partial charge on any atom is 0.268 e. The number of aromatic nitrogens is 2. The molecule has 5 atom stereocenters. The Hall–Kier alpha value is -4.65. The molecule has 238 valence electrons. The third-order valence-corrected chi connectivity index (χ3v) is 10.9. The largest absolute Gasteiger partial charge is 0.356 e. The third kappa shape index (κ3) is 5.21. The van der Waals surface area contributed by atoms with E-state index in [2.05, 4.69) is 25.9 Å². The van der Waals surface area contributed by atoms with Crippen molar-refractivity contribution in [1.29, 1.82) is 0 Å². The minimum absolute atomic E-state index is 0.0820. The van der Waals surface area contributed by atoms with Crippen LogP contribution in [-0.4, -0.2) is 76.0 Å². The van der Waals surface area contributed by atoms with Gasteiger partial charge in [0.25, 0.3) is 5.91 Å². The summed E-state index contributed by atoms with van der Waals surface area (Å²) in [5.74, 6) is -2.98. The zero-order valence-electron chi connectivity index (χ0n) is 25.3. The zero-order chi connectivity index (χ0) is 32.3. The molecule has 3 aliphatic rings. The van der Waals surface area contributed by atoms with E-state index in [1.54, 1.807) is 6.07 Å². The van der Waals surface area contributed by atoms with E-state index in [9.17, 15) is 28.4 Å². The Balaban J connectivity index is 1.08. The number of amides is 4. The first-order valence-electron chi connectivity index (χ1n) is 15.4. The van der Waals surface area contributed by atoms with Crippen molar-refractivity contribution >= 4 is 61.9 Å². The van der Waals surface area contributed by atoms with Gasteiger partial charge in [-0.05, 0) is 60.4 Å². The molecule has 13 heteroatoms. The highest BCUT2D eigenvalue weighted by Crippen LogP contribution is 2.64. The molecule has 0 radical (unpaired) electrons. The number of likely N-dealkylation sites (tertiary alicyclic amines) is 1. The highest BCUT2D eigenvalue weighted by atomic mass is 32.1. The molecule has 2 aliphatic heterocycles. The van der Waals surface area contributed by atoms with Crippen LogP contribution < -0.4 is 16.0 Å². The van der Waals surface area contributed by atoms with Gasteiger partial charge in [-0.25, -0.2) is 9.37 Å². The molecule has 1 aliphatic carbocycles. The first-order valence-corrected chi connectivity index (χ1v) is 16.2. The quantitative estimate of drug-likeness (QED) is 0.206. The fourth-order valence-corrected chi connectivity index (χ4v) is 8.17. The lowest BCUT2D eigenvalue weighted by Gasteiger charge is -2.31. The Morgan fingerprint density at radius 1 is 1.15 bits per heavy atom. The molecule has 2 aromatic heterocycles. The Morgan fingerprint density at radius 3 is 2.70 bits per heavy atom. The van der Waals surface area contributed by atoms with Crippen LogP contribution in [0.2, 0.25) is 0 Å². The van der Waals surface area contributed by atoms with Crippen molar-refractivity contribution in [3.63, 3.8) is 0 Å².